The highest BCUT2D eigenvalue weighted by molar-refractivity contribution is 5.74. The van der Waals surface area contributed by atoms with Crippen molar-refractivity contribution in [1.82, 2.24) is 15.1 Å². The van der Waals surface area contributed by atoms with Crippen molar-refractivity contribution in [2.24, 2.45) is 0 Å². The molecular formula is C18H33N3O2. The van der Waals surface area contributed by atoms with Gasteiger partial charge in [0.25, 0.3) is 0 Å². The van der Waals surface area contributed by atoms with E-state index >= 15 is 0 Å². The molecule has 0 aromatic carbocycles. The molecule has 23 heavy (non-hydrogen) atoms. The van der Waals surface area contributed by atoms with E-state index in [1.807, 2.05) is 4.90 Å². The normalized spacial score (nSPS) is 31.3. The first-order valence-electron chi connectivity index (χ1n) is 9.44. The van der Waals surface area contributed by atoms with Crippen molar-refractivity contribution in [1.29, 1.82) is 0 Å². The lowest BCUT2D eigenvalue weighted by Crippen LogP contribution is -2.55. The summed E-state index contributed by atoms with van der Waals surface area (Å²) in [7, 11) is 4.22. The molecule has 2 amide bonds. The number of rotatable bonds is 2. The fourth-order valence-corrected chi connectivity index (χ4v) is 4.52. The fourth-order valence-electron chi connectivity index (χ4n) is 4.52. The molecule has 1 spiro atoms. The minimum atomic E-state index is 0.0581. The Kier molecular flexibility index (Phi) is 5.47. The maximum atomic E-state index is 12.7. The number of amides is 2. The molecule has 0 aromatic rings. The Hall–Kier alpha value is -0.810. The molecule has 1 aliphatic carbocycles. The molecule has 2 saturated heterocycles. The second-order valence-corrected chi connectivity index (χ2v) is 7.94. The fraction of sp³-hybridized carbons (Fsp3) is 0.944. The number of ether oxygens (including phenoxy) is 1. The first-order chi connectivity index (χ1) is 11.1. The first kappa shape index (κ1) is 17.0. The third kappa shape index (κ3) is 4.18. The predicted molar refractivity (Wildman–Crippen MR) is 91.6 cm³/mol. The van der Waals surface area contributed by atoms with Crippen LogP contribution in [0.25, 0.3) is 0 Å². The van der Waals surface area contributed by atoms with Gasteiger partial charge in [0.1, 0.15) is 0 Å². The third-order valence-electron chi connectivity index (χ3n) is 6.00. The summed E-state index contributed by atoms with van der Waals surface area (Å²) in [5, 5.41) is 3.31. The van der Waals surface area contributed by atoms with E-state index in [-0.39, 0.29) is 17.7 Å². The molecule has 1 saturated carbocycles. The lowest BCUT2D eigenvalue weighted by atomic mass is 9.78. The van der Waals surface area contributed by atoms with Gasteiger partial charge in [-0.15, -0.1) is 0 Å². The number of nitrogens with zero attached hydrogens (tertiary/aromatic N) is 2. The molecule has 132 valence electrons. The monoisotopic (exact) mass is 323 g/mol. The number of urea groups is 1. The number of piperidine rings is 1. The standard InChI is InChI=1S/C18H33N3O2/c1-20(2)16-7-6-11-21(14-16)17(22)19-15-8-12-23-18(13-15)9-4-3-5-10-18/h15-16H,3-14H2,1-2H3,(H,19,22)/t15-,16+/m1/s1. The summed E-state index contributed by atoms with van der Waals surface area (Å²) in [5.74, 6) is 0. The molecule has 3 fully saturated rings. The quantitative estimate of drug-likeness (QED) is 0.849. The molecule has 1 N–H and O–H groups in total. The van der Waals surface area contributed by atoms with Gasteiger partial charge in [0.2, 0.25) is 0 Å². The number of likely N-dealkylation sites (tertiary alicyclic amines) is 1. The Labute approximate surface area is 140 Å². The van der Waals surface area contributed by atoms with Gasteiger partial charge in [-0.3, -0.25) is 0 Å². The Morgan fingerprint density at radius 1 is 1.17 bits per heavy atom. The third-order valence-corrected chi connectivity index (χ3v) is 6.00. The van der Waals surface area contributed by atoms with E-state index in [0.29, 0.717) is 6.04 Å². The van der Waals surface area contributed by atoms with Crippen molar-refractivity contribution in [3.8, 4) is 0 Å². The highest BCUT2D eigenvalue weighted by Gasteiger charge is 2.39. The highest BCUT2D eigenvalue weighted by Crippen LogP contribution is 2.38. The lowest BCUT2D eigenvalue weighted by Gasteiger charge is -2.44. The van der Waals surface area contributed by atoms with Crippen molar-refractivity contribution in [2.45, 2.75) is 75.5 Å². The van der Waals surface area contributed by atoms with Gasteiger partial charge in [-0.05, 0) is 52.6 Å². The Morgan fingerprint density at radius 3 is 2.70 bits per heavy atom. The summed E-state index contributed by atoms with van der Waals surface area (Å²) in [5.41, 5.74) is 0.0581. The van der Waals surface area contributed by atoms with Crippen LogP contribution in [-0.4, -0.2) is 67.3 Å². The maximum absolute atomic E-state index is 12.7. The zero-order valence-corrected chi connectivity index (χ0v) is 14.9. The molecular weight excluding hydrogens is 290 g/mol. The molecule has 2 atom stereocenters. The van der Waals surface area contributed by atoms with Gasteiger partial charge in [-0.25, -0.2) is 4.79 Å². The Morgan fingerprint density at radius 2 is 1.96 bits per heavy atom. The average Bonchev–Trinajstić information content (AvgIpc) is 2.55. The van der Waals surface area contributed by atoms with Crippen LogP contribution >= 0.6 is 0 Å². The van der Waals surface area contributed by atoms with Gasteiger partial charge in [-0.1, -0.05) is 19.3 Å². The maximum Gasteiger partial charge on any atom is 0.317 e. The van der Waals surface area contributed by atoms with Gasteiger partial charge in [-0.2, -0.15) is 0 Å². The molecule has 2 aliphatic heterocycles. The molecule has 0 radical (unpaired) electrons. The number of likely N-dealkylation sites (N-methyl/N-ethyl adjacent to an activating group) is 1. The van der Waals surface area contributed by atoms with Crippen molar-refractivity contribution < 1.29 is 9.53 Å². The number of nitrogens with one attached hydrogen (secondary N) is 1. The number of hydrogen-bond acceptors (Lipinski definition) is 3. The van der Waals surface area contributed by atoms with Crippen molar-refractivity contribution in [3.05, 3.63) is 0 Å². The van der Waals surface area contributed by atoms with Crippen molar-refractivity contribution >= 4 is 6.03 Å². The predicted octanol–water partition coefficient (Wildman–Crippen LogP) is 2.60. The second-order valence-electron chi connectivity index (χ2n) is 7.94. The zero-order chi connectivity index (χ0) is 16.3. The summed E-state index contributed by atoms with van der Waals surface area (Å²) in [4.78, 5) is 16.9. The summed E-state index contributed by atoms with van der Waals surface area (Å²) in [6.45, 7) is 2.54. The van der Waals surface area contributed by atoms with Crippen molar-refractivity contribution in [2.75, 3.05) is 33.8 Å². The van der Waals surface area contributed by atoms with Crippen LogP contribution in [0.15, 0.2) is 0 Å². The van der Waals surface area contributed by atoms with E-state index in [0.717, 1.165) is 39.0 Å². The molecule has 5 heteroatoms. The summed E-state index contributed by atoms with van der Waals surface area (Å²) < 4.78 is 6.14. The molecule has 2 heterocycles. The van der Waals surface area contributed by atoms with E-state index in [9.17, 15) is 4.79 Å². The van der Waals surface area contributed by atoms with E-state index in [1.165, 1.54) is 38.5 Å². The summed E-state index contributed by atoms with van der Waals surface area (Å²) >= 11 is 0. The van der Waals surface area contributed by atoms with Crippen LogP contribution in [0.5, 0.6) is 0 Å². The van der Waals surface area contributed by atoms with E-state index in [4.69, 9.17) is 4.74 Å². The Balaban J connectivity index is 1.53. The summed E-state index contributed by atoms with van der Waals surface area (Å²) in [6.07, 6.45) is 10.5. The average molecular weight is 323 g/mol. The van der Waals surface area contributed by atoms with Gasteiger partial charge < -0.3 is 19.9 Å². The van der Waals surface area contributed by atoms with Gasteiger partial charge in [0.15, 0.2) is 0 Å². The molecule has 0 aromatic heterocycles. The molecule has 3 aliphatic rings. The van der Waals surface area contributed by atoms with Crippen molar-refractivity contribution in [3.63, 3.8) is 0 Å². The smallest absolute Gasteiger partial charge is 0.317 e. The van der Waals surface area contributed by atoms with E-state index in [1.54, 1.807) is 0 Å². The van der Waals surface area contributed by atoms with Gasteiger partial charge in [0.05, 0.1) is 5.60 Å². The van der Waals surface area contributed by atoms with Crippen LogP contribution in [0, 0.1) is 0 Å². The first-order valence-corrected chi connectivity index (χ1v) is 9.44. The lowest BCUT2D eigenvalue weighted by molar-refractivity contribution is -0.108. The van der Waals surface area contributed by atoms with Crippen LogP contribution in [-0.2, 0) is 4.74 Å². The highest BCUT2D eigenvalue weighted by atomic mass is 16.5. The van der Waals surface area contributed by atoms with E-state index in [2.05, 4.69) is 24.3 Å². The molecule has 0 unspecified atom stereocenters. The molecule has 5 nitrogen and oxygen atoms in total. The number of carbonyl (C=O) groups excluding carboxylic acids is 1. The topological polar surface area (TPSA) is 44.8 Å². The largest absolute Gasteiger partial charge is 0.375 e. The van der Waals surface area contributed by atoms with E-state index < -0.39 is 0 Å². The second kappa shape index (κ2) is 7.39. The van der Waals surface area contributed by atoms with Crippen LogP contribution in [0.2, 0.25) is 0 Å². The number of carbonyl (C=O) groups is 1. The summed E-state index contributed by atoms with van der Waals surface area (Å²) in [6, 6.07) is 0.914. The molecule has 0 bridgehead atoms. The van der Waals surface area contributed by atoms with Crippen LogP contribution in [0.4, 0.5) is 4.79 Å². The SMILES string of the molecule is CN(C)[C@H]1CCCN(C(=O)N[C@@H]2CCOC3(CCCCC3)C2)C1. The van der Waals surface area contributed by atoms with Crippen LogP contribution in [0.1, 0.15) is 57.8 Å². The minimum absolute atomic E-state index is 0.0581. The van der Waals surface area contributed by atoms with Gasteiger partial charge >= 0.3 is 6.03 Å². The van der Waals surface area contributed by atoms with Crippen LogP contribution < -0.4 is 5.32 Å². The van der Waals surface area contributed by atoms with Crippen LogP contribution in [0.3, 0.4) is 0 Å². The molecule has 3 rings (SSSR count). The Bertz CT molecular complexity index is 402. The van der Waals surface area contributed by atoms with Gasteiger partial charge in [0, 0.05) is 31.8 Å². The minimum Gasteiger partial charge on any atom is -0.375 e. The zero-order valence-electron chi connectivity index (χ0n) is 14.9. The number of hydrogen-bond donors (Lipinski definition) is 1.